The molecule has 0 aromatic heterocycles. The highest BCUT2D eigenvalue weighted by molar-refractivity contribution is 4.99. The second-order valence-corrected chi connectivity index (χ2v) is 3.35. The number of hydrogen-bond donors (Lipinski definition) is 0. The van der Waals surface area contributed by atoms with E-state index in [4.69, 9.17) is 9.47 Å². The summed E-state index contributed by atoms with van der Waals surface area (Å²) in [6, 6.07) is 0. The minimum atomic E-state index is -0.00434. The Morgan fingerprint density at radius 2 is 2.38 bits per heavy atom. The number of allylic oxidation sites excluding steroid dienone is 1. The third-order valence-corrected chi connectivity index (χ3v) is 2.04. The van der Waals surface area contributed by atoms with Crippen LogP contribution in [0.3, 0.4) is 0 Å². The van der Waals surface area contributed by atoms with Gasteiger partial charge in [-0.15, -0.1) is 6.58 Å². The van der Waals surface area contributed by atoms with Crippen LogP contribution >= 0.6 is 0 Å². The van der Waals surface area contributed by atoms with Gasteiger partial charge in [-0.1, -0.05) is 12.7 Å². The summed E-state index contributed by atoms with van der Waals surface area (Å²) in [4.78, 5) is 0. The highest BCUT2D eigenvalue weighted by Gasteiger charge is 2.13. The van der Waals surface area contributed by atoms with Crippen LogP contribution in [-0.2, 0) is 9.47 Å². The smallest absolute Gasteiger partial charge is 0.158 e. The zero-order chi connectivity index (χ0) is 9.52. The molecule has 1 aliphatic rings. The zero-order valence-electron chi connectivity index (χ0n) is 8.13. The Balaban J connectivity index is 2.09. The van der Waals surface area contributed by atoms with Crippen molar-refractivity contribution in [2.45, 2.75) is 32.0 Å². The van der Waals surface area contributed by atoms with Gasteiger partial charge in [-0.2, -0.15) is 0 Å². The molecule has 0 amide bonds. The van der Waals surface area contributed by atoms with Gasteiger partial charge in [0.25, 0.3) is 0 Å². The Kier molecular flexibility index (Phi) is 4.79. The van der Waals surface area contributed by atoms with Gasteiger partial charge in [0.2, 0.25) is 0 Å². The Labute approximate surface area is 80.2 Å². The maximum atomic E-state index is 5.53. The van der Waals surface area contributed by atoms with Gasteiger partial charge in [-0.3, -0.25) is 0 Å². The van der Waals surface area contributed by atoms with Crippen LogP contribution in [-0.4, -0.2) is 19.5 Å². The predicted molar refractivity (Wildman–Crippen MR) is 53.5 cm³/mol. The van der Waals surface area contributed by atoms with E-state index in [2.05, 4.69) is 13.2 Å². The lowest BCUT2D eigenvalue weighted by Gasteiger charge is -2.22. The first-order valence-electron chi connectivity index (χ1n) is 4.83. The van der Waals surface area contributed by atoms with Crippen molar-refractivity contribution in [2.75, 3.05) is 13.2 Å². The SMILES string of the molecule is C=CCC(=C)COC1CCCCO1. The lowest BCUT2D eigenvalue weighted by atomic mass is 10.2. The van der Waals surface area contributed by atoms with E-state index in [1.54, 1.807) is 0 Å². The topological polar surface area (TPSA) is 18.5 Å². The summed E-state index contributed by atoms with van der Waals surface area (Å²) >= 11 is 0. The molecule has 1 saturated heterocycles. The minimum absolute atomic E-state index is 0.00434. The second-order valence-electron chi connectivity index (χ2n) is 3.35. The first-order valence-corrected chi connectivity index (χ1v) is 4.83. The largest absolute Gasteiger partial charge is 0.353 e. The monoisotopic (exact) mass is 182 g/mol. The first-order chi connectivity index (χ1) is 6.33. The quantitative estimate of drug-likeness (QED) is 0.608. The third-order valence-electron chi connectivity index (χ3n) is 2.04. The molecule has 1 rings (SSSR count). The van der Waals surface area contributed by atoms with Gasteiger partial charge in [-0.05, 0) is 31.3 Å². The molecule has 0 N–H and O–H groups in total. The van der Waals surface area contributed by atoms with Gasteiger partial charge in [0.15, 0.2) is 6.29 Å². The molecule has 1 aliphatic heterocycles. The van der Waals surface area contributed by atoms with Crippen molar-refractivity contribution >= 4 is 0 Å². The van der Waals surface area contributed by atoms with Crippen LogP contribution in [0, 0.1) is 0 Å². The first kappa shape index (κ1) is 10.5. The normalized spacial score (nSPS) is 22.6. The Hall–Kier alpha value is -0.600. The number of hydrogen-bond acceptors (Lipinski definition) is 2. The average Bonchev–Trinajstić information content (AvgIpc) is 2.17. The van der Waals surface area contributed by atoms with E-state index in [-0.39, 0.29) is 6.29 Å². The molecule has 0 radical (unpaired) electrons. The van der Waals surface area contributed by atoms with Gasteiger partial charge in [0.05, 0.1) is 6.61 Å². The average molecular weight is 182 g/mol. The molecule has 0 aromatic rings. The van der Waals surface area contributed by atoms with E-state index in [9.17, 15) is 0 Å². The lowest BCUT2D eigenvalue weighted by molar-refractivity contribution is -0.157. The van der Waals surface area contributed by atoms with Gasteiger partial charge < -0.3 is 9.47 Å². The summed E-state index contributed by atoms with van der Waals surface area (Å²) in [6.07, 6.45) is 6.04. The Morgan fingerprint density at radius 3 is 3.00 bits per heavy atom. The molecule has 2 nitrogen and oxygen atoms in total. The van der Waals surface area contributed by atoms with Crippen molar-refractivity contribution in [1.29, 1.82) is 0 Å². The zero-order valence-corrected chi connectivity index (χ0v) is 8.13. The summed E-state index contributed by atoms with van der Waals surface area (Å²) < 4.78 is 10.9. The maximum absolute atomic E-state index is 5.53. The molecule has 0 bridgehead atoms. The lowest BCUT2D eigenvalue weighted by Crippen LogP contribution is -2.22. The van der Waals surface area contributed by atoms with Gasteiger partial charge in [0.1, 0.15) is 0 Å². The molecule has 0 spiro atoms. The fraction of sp³-hybridized carbons (Fsp3) is 0.636. The standard InChI is InChI=1S/C11H18O2/c1-3-6-10(2)9-13-11-7-4-5-8-12-11/h3,11H,1-2,4-9H2. The van der Waals surface area contributed by atoms with E-state index in [0.717, 1.165) is 31.4 Å². The van der Waals surface area contributed by atoms with E-state index in [1.165, 1.54) is 6.42 Å². The summed E-state index contributed by atoms with van der Waals surface area (Å²) in [5.74, 6) is 0. The van der Waals surface area contributed by atoms with Crippen LogP contribution in [0.5, 0.6) is 0 Å². The predicted octanol–water partition coefficient (Wildman–Crippen LogP) is 2.66. The highest BCUT2D eigenvalue weighted by Crippen LogP contribution is 2.14. The van der Waals surface area contributed by atoms with Crippen molar-refractivity contribution in [2.24, 2.45) is 0 Å². The molecule has 1 fully saturated rings. The molecular weight excluding hydrogens is 164 g/mol. The number of ether oxygens (including phenoxy) is 2. The van der Waals surface area contributed by atoms with Crippen molar-refractivity contribution in [3.05, 3.63) is 24.8 Å². The molecule has 0 aromatic carbocycles. The molecule has 0 aliphatic carbocycles. The van der Waals surface area contributed by atoms with Gasteiger partial charge >= 0.3 is 0 Å². The number of rotatable bonds is 5. The third kappa shape index (κ3) is 4.25. The van der Waals surface area contributed by atoms with Crippen LogP contribution in [0.1, 0.15) is 25.7 Å². The fourth-order valence-corrected chi connectivity index (χ4v) is 1.32. The molecule has 13 heavy (non-hydrogen) atoms. The van der Waals surface area contributed by atoms with Crippen molar-refractivity contribution in [3.63, 3.8) is 0 Å². The fourth-order valence-electron chi connectivity index (χ4n) is 1.32. The summed E-state index contributed by atoms with van der Waals surface area (Å²) in [6.45, 7) is 8.95. The van der Waals surface area contributed by atoms with E-state index < -0.39 is 0 Å². The molecule has 2 heteroatoms. The van der Waals surface area contributed by atoms with E-state index in [1.807, 2.05) is 6.08 Å². The second kappa shape index (κ2) is 5.95. The van der Waals surface area contributed by atoms with Crippen molar-refractivity contribution in [3.8, 4) is 0 Å². The summed E-state index contributed by atoms with van der Waals surface area (Å²) in [5, 5.41) is 0. The maximum Gasteiger partial charge on any atom is 0.158 e. The summed E-state index contributed by atoms with van der Waals surface area (Å²) in [7, 11) is 0. The van der Waals surface area contributed by atoms with E-state index in [0.29, 0.717) is 6.61 Å². The molecule has 1 heterocycles. The summed E-state index contributed by atoms with van der Waals surface area (Å²) in [5.41, 5.74) is 1.06. The Morgan fingerprint density at radius 1 is 1.54 bits per heavy atom. The molecule has 1 atom stereocenters. The van der Waals surface area contributed by atoms with Crippen LogP contribution in [0.2, 0.25) is 0 Å². The minimum Gasteiger partial charge on any atom is -0.353 e. The van der Waals surface area contributed by atoms with Crippen molar-refractivity contribution < 1.29 is 9.47 Å². The van der Waals surface area contributed by atoms with Crippen LogP contribution in [0.25, 0.3) is 0 Å². The highest BCUT2D eigenvalue weighted by atomic mass is 16.7. The van der Waals surface area contributed by atoms with Crippen LogP contribution in [0.4, 0.5) is 0 Å². The van der Waals surface area contributed by atoms with Crippen molar-refractivity contribution in [1.82, 2.24) is 0 Å². The van der Waals surface area contributed by atoms with E-state index >= 15 is 0 Å². The molecule has 74 valence electrons. The molecular formula is C11H18O2. The molecule has 1 unspecified atom stereocenters. The van der Waals surface area contributed by atoms with Crippen LogP contribution < -0.4 is 0 Å². The van der Waals surface area contributed by atoms with Gasteiger partial charge in [0, 0.05) is 6.61 Å². The Bertz CT molecular complexity index is 169. The molecule has 0 saturated carbocycles. The van der Waals surface area contributed by atoms with Gasteiger partial charge in [-0.25, -0.2) is 0 Å². The van der Waals surface area contributed by atoms with Crippen LogP contribution in [0.15, 0.2) is 24.8 Å².